The molecule has 0 aromatic heterocycles. The summed E-state index contributed by atoms with van der Waals surface area (Å²) < 4.78 is 5.13. The van der Waals surface area contributed by atoms with Crippen LogP contribution in [-0.2, 0) is 11.2 Å². The van der Waals surface area contributed by atoms with Crippen LogP contribution < -0.4 is 10.1 Å². The Morgan fingerprint density at radius 2 is 1.60 bits per heavy atom. The number of benzene rings is 1. The quantitative estimate of drug-likeness (QED) is 0.908. The van der Waals surface area contributed by atoms with E-state index in [1.165, 1.54) is 0 Å². The minimum Gasteiger partial charge on any atom is -0.497 e. The number of nitrogens with one attached hydrogen (secondary N) is 1. The molecule has 0 bridgehead atoms. The smallest absolute Gasteiger partial charge is 0.317 e. The number of hydrogen-bond donors (Lipinski definition) is 1. The Morgan fingerprint density at radius 3 is 2.12 bits per heavy atom. The minimum atomic E-state index is -0.0443. The van der Waals surface area contributed by atoms with E-state index >= 15 is 0 Å². The van der Waals surface area contributed by atoms with Gasteiger partial charge in [0.2, 0.25) is 5.91 Å². The first-order chi connectivity index (χ1) is 11.8. The maximum atomic E-state index is 12.4. The van der Waals surface area contributed by atoms with E-state index in [4.69, 9.17) is 4.74 Å². The number of amides is 3. The van der Waals surface area contributed by atoms with Crippen molar-refractivity contribution >= 4 is 11.9 Å². The molecule has 0 atom stereocenters. The Bertz CT molecular complexity index is 585. The van der Waals surface area contributed by atoms with Gasteiger partial charge in [0.05, 0.1) is 13.5 Å². The van der Waals surface area contributed by atoms with Crippen LogP contribution in [0.1, 0.15) is 26.3 Å². The van der Waals surface area contributed by atoms with Crippen molar-refractivity contribution in [2.45, 2.75) is 27.2 Å². The van der Waals surface area contributed by atoms with Crippen LogP contribution in [0, 0.1) is 5.41 Å². The summed E-state index contributed by atoms with van der Waals surface area (Å²) in [6, 6.07) is 7.50. The fourth-order valence-electron chi connectivity index (χ4n) is 2.64. The molecule has 6 heteroatoms. The molecule has 1 aromatic carbocycles. The van der Waals surface area contributed by atoms with Crippen LogP contribution in [0.4, 0.5) is 4.79 Å². The molecule has 0 unspecified atom stereocenters. The first-order valence-corrected chi connectivity index (χ1v) is 8.72. The molecule has 1 N–H and O–H groups in total. The SMILES string of the molecule is COc1ccc(CC(=O)N2CCN(C(=O)NCC(C)(C)C)CC2)cc1. The van der Waals surface area contributed by atoms with E-state index in [-0.39, 0.29) is 17.4 Å². The lowest BCUT2D eigenvalue weighted by Gasteiger charge is -2.35. The van der Waals surface area contributed by atoms with Gasteiger partial charge in [0.25, 0.3) is 0 Å². The predicted octanol–water partition coefficient (Wildman–Crippen LogP) is 2.14. The summed E-state index contributed by atoms with van der Waals surface area (Å²) in [5.41, 5.74) is 1.03. The number of urea groups is 1. The van der Waals surface area contributed by atoms with E-state index in [1.54, 1.807) is 12.0 Å². The van der Waals surface area contributed by atoms with Crippen LogP contribution in [0.25, 0.3) is 0 Å². The third-order valence-electron chi connectivity index (χ3n) is 4.20. The molecule has 2 rings (SSSR count). The van der Waals surface area contributed by atoms with Crippen LogP contribution in [0.5, 0.6) is 5.75 Å². The minimum absolute atomic E-state index is 0.0443. The Morgan fingerprint density at radius 1 is 1.04 bits per heavy atom. The molecule has 138 valence electrons. The van der Waals surface area contributed by atoms with Gasteiger partial charge in [-0.05, 0) is 23.1 Å². The summed E-state index contributed by atoms with van der Waals surface area (Å²) >= 11 is 0. The lowest BCUT2D eigenvalue weighted by Crippen LogP contribution is -2.54. The van der Waals surface area contributed by atoms with Crippen molar-refractivity contribution in [2.24, 2.45) is 5.41 Å². The molecule has 0 radical (unpaired) electrons. The van der Waals surface area contributed by atoms with E-state index in [9.17, 15) is 9.59 Å². The molecule has 1 aliphatic rings. The zero-order chi connectivity index (χ0) is 18.4. The summed E-state index contributed by atoms with van der Waals surface area (Å²) in [6.45, 7) is 9.21. The number of ether oxygens (including phenoxy) is 1. The summed E-state index contributed by atoms with van der Waals surface area (Å²) in [7, 11) is 1.62. The molecule has 0 aliphatic carbocycles. The van der Waals surface area contributed by atoms with Gasteiger partial charge in [-0.15, -0.1) is 0 Å². The van der Waals surface area contributed by atoms with E-state index in [2.05, 4.69) is 26.1 Å². The van der Waals surface area contributed by atoms with Gasteiger partial charge in [-0.25, -0.2) is 4.79 Å². The highest BCUT2D eigenvalue weighted by molar-refractivity contribution is 5.79. The van der Waals surface area contributed by atoms with Crippen LogP contribution in [-0.4, -0.2) is 61.6 Å². The van der Waals surface area contributed by atoms with E-state index < -0.39 is 0 Å². The van der Waals surface area contributed by atoms with Gasteiger partial charge in [0, 0.05) is 32.7 Å². The van der Waals surface area contributed by atoms with Crippen molar-refractivity contribution in [3.63, 3.8) is 0 Å². The van der Waals surface area contributed by atoms with Gasteiger partial charge in [0.15, 0.2) is 0 Å². The maximum Gasteiger partial charge on any atom is 0.317 e. The summed E-state index contributed by atoms with van der Waals surface area (Å²) in [4.78, 5) is 28.2. The molecular formula is C19H29N3O3. The third-order valence-corrected chi connectivity index (χ3v) is 4.20. The second kappa shape index (κ2) is 8.23. The molecule has 1 saturated heterocycles. The zero-order valence-corrected chi connectivity index (χ0v) is 15.7. The number of hydrogen-bond acceptors (Lipinski definition) is 3. The lowest BCUT2D eigenvalue weighted by molar-refractivity contribution is -0.131. The fraction of sp³-hybridized carbons (Fsp3) is 0.579. The van der Waals surface area contributed by atoms with Crippen LogP contribution in [0.2, 0.25) is 0 Å². The number of piperazine rings is 1. The standard InChI is InChI=1S/C19H29N3O3/c1-19(2,3)14-20-18(24)22-11-9-21(10-12-22)17(23)13-15-5-7-16(25-4)8-6-15/h5-8H,9-14H2,1-4H3,(H,20,24). The van der Waals surface area contributed by atoms with E-state index in [0.29, 0.717) is 39.1 Å². The molecule has 1 aliphatic heterocycles. The van der Waals surface area contributed by atoms with Crippen LogP contribution in [0.3, 0.4) is 0 Å². The summed E-state index contributed by atoms with van der Waals surface area (Å²) in [5, 5.41) is 2.96. The van der Waals surface area contributed by atoms with Crippen LogP contribution >= 0.6 is 0 Å². The summed E-state index contributed by atoms with van der Waals surface area (Å²) in [5.74, 6) is 0.881. The Labute approximate surface area is 150 Å². The molecule has 3 amide bonds. The number of rotatable bonds is 4. The monoisotopic (exact) mass is 347 g/mol. The molecular weight excluding hydrogens is 318 g/mol. The highest BCUT2D eigenvalue weighted by Gasteiger charge is 2.24. The van der Waals surface area contributed by atoms with Crippen LogP contribution in [0.15, 0.2) is 24.3 Å². The van der Waals surface area contributed by atoms with E-state index in [1.807, 2.05) is 29.2 Å². The Hall–Kier alpha value is -2.24. The second-order valence-electron chi connectivity index (χ2n) is 7.61. The number of carbonyl (C=O) groups is 2. The molecule has 6 nitrogen and oxygen atoms in total. The zero-order valence-electron chi connectivity index (χ0n) is 15.7. The van der Waals surface area contributed by atoms with Crippen molar-refractivity contribution < 1.29 is 14.3 Å². The number of nitrogens with zero attached hydrogens (tertiary/aromatic N) is 2. The van der Waals surface area contributed by atoms with Gasteiger partial charge in [-0.1, -0.05) is 32.9 Å². The molecule has 1 heterocycles. The largest absolute Gasteiger partial charge is 0.497 e. The predicted molar refractivity (Wildman–Crippen MR) is 97.7 cm³/mol. The van der Waals surface area contributed by atoms with Gasteiger partial charge >= 0.3 is 6.03 Å². The Kier molecular flexibility index (Phi) is 6.28. The van der Waals surface area contributed by atoms with Gasteiger partial charge in [-0.2, -0.15) is 0 Å². The first-order valence-electron chi connectivity index (χ1n) is 8.72. The van der Waals surface area contributed by atoms with Gasteiger partial charge < -0.3 is 19.9 Å². The maximum absolute atomic E-state index is 12.4. The molecule has 0 saturated carbocycles. The van der Waals surface area contributed by atoms with E-state index in [0.717, 1.165) is 11.3 Å². The average Bonchev–Trinajstić information content (AvgIpc) is 2.60. The topological polar surface area (TPSA) is 61.9 Å². The van der Waals surface area contributed by atoms with Crippen molar-refractivity contribution in [1.82, 2.24) is 15.1 Å². The number of methoxy groups -OCH3 is 1. The normalized spacial score (nSPS) is 15.0. The molecule has 1 aromatic rings. The fourth-order valence-corrected chi connectivity index (χ4v) is 2.64. The van der Waals surface area contributed by atoms with Gasteiger partial charge in [0.1, 0.15) is 5.75 Å². The van der Waals surface area contributed by atoms with Crippen molar-refractivity contribution in [1.29, 1.82) is 0 Å². The second-order valence-corrected chi connectivity index (χ2v) is 7.61. The molecule has 25 heavy (non-hydrogen) atoms. The molecule has 0 spiro atoms. The highest BCUT2D eigenvalue weighted by atomic mass is 16.5. The first kappa shape index (κ1) is 19.1. The third kappa shape index (κ3) is 5.96. The van der Waals surface area contributed by atoms with Crippen molar-refractivity contribution in [2.75, 3.05) is 39.8 Å². The average molecular weight is 347 g/mol. The van der Waals surface area contributed by atoms with Crippen molar-refractivity contribution in [3.8, 4) is 5.75 Å². The number of carbonyl (C=O) groups excluding carboxylic acids is 2. The van der Waals surface area contributed by atoms with Gasteiger partial charge in [-0.3, -0.25) is 4.79 Å². The van der Waals surface area contributed by atoms with Crippen molar-refractivity contribution in [3.05, 3.63) is 29.8 Å². The lowest BCUT2D eigenvalue weighted by atomic mass is 9.97. The Balaban J connectivity index is 1.78. The highest BCUT2D eigenvalue weighted by Crippen LogP contribution is 2.14. The summed E-state index contributed by atoms with van der Waals surface area (Å²) in [6.07, 6.45) is 0.375. The molecule has 1 fully saturated rings.